The molecule has 0 aliphatic heterocycles. The lowest BCUT2D eigenvalue weighted by Crippen LogP contribution is -2.01. The van der Waals surface area contributed by atoms with Gasteiger partial charge in [-0.1, -0.05) is 0 Å². The first-order valence-electron chi connectivity index (χ1n) is 4.04. The molecule has 2 rings (SSSR count). The molecule has 6 heteroatoms. The van der Waals surface area contributed by atoms with Crippen LogP contribution in [0.2, 0.25) is 0 Å². The molecular weight excluding hydrogens is 185 g/mol. The summed E-state index contributed by atoms with van der Waals surface area (Å²) >= 11 is 0. The Morgan fingerprint density at radius 3 is 2.57 bits per heavy atom. The van der Waals surface area contributed by atoms with Crippen molar-refractivity contribution < 1.29 is 4.39 Å². The Labute approximate surface area is 79.3 Å². The molecular formula is C8H8FN5. The maximum absolute atomic E-state index is 12.6. The van der Waals surface area contributed by atoms with Crippen LogP contribution in [0.5, 0.6) is 0 Å². The average Bonchev–Trinajstić information content (AvgIpc) is 2.67. The van der Waals surface area contributed by atoms with Gasteiger partial charge in [-0.05, 0) is 29.5 Å². The fourth-order valence-electron chi connectivity index (χ4n) is 1.01. The molecule has 0 spiro atoms. The molecule has 0 unspecified atom stereocenters. The summed E-state index contributed by atoms with van der Waals surface area (Å²) in [4.78, 5) is 1.31. The van der Waals surface area contributed by atoms with Gasteiger partial charge in [0.2, 0.25) is 0 Å². The smallest absolute Gasteiger partial charge is 0.188 e. The first kappa shape index (κ1) is 8.76. The third-order valence-electron chi connectivity index (χ3n) is 1.70. The minimum absolute atomic E-state index is 0.237. The van der Waals surface area contributed by atoms with Gasteiger partial charge in [0.25, 0.3) is 0 Å². The largest absolute Gasteiger partial charge is 0.324 e. The van der Waals surface area contributed by atoms with Gasteiger partial charge in [-0.15, -0.1) is 15.0 Å². The molecule has 0 aliphatic rings. The van der Waals surface area contributed by atoms with Crippen molar-refractivity contribution in [2.45, 2.75) is 6.54 Å². The maximum Gasteiger partial charge on any atom is 0.188 e. The molecule has 1 aromatic heterocycles. The highest BCUT2D eigenvalue weighted by Gasteiger charge is 2.02. The van der Waals surface area contributed by atoms with E-state index >= 15 is 0 Å². The number of hydrogen-bond acceptors (Lipinski definition) is 4. The predicted molar refractivity (Wildman–Crippen MR) is 47.0 cm³/mol. The zero-order valence-electron chi connectivity index (χ0n) is 7.26. The molecule has 2 aromatic rings. The first-order chi connectivity index (χ1) is 6.79. The van der Waals surface area contributed by atoms with E-state index in [1.54, 1.807) is 12.1 Å². The number of nitrogens with zero attached hydrogens (tertiary/aromatic N) is 4. The van der Waals surface area contributed by atoms with E-state index in [1.165, 1.54) is 16.9 Å². The van der Waals surface area contributed by atoms with Crippen molar-refractivity contribution in [1.29, 1.82) is 0 Å². The summed E-state index contributed by atoms with van der Waals surface area (Å²) in [6, 6.07) is 5.80. The van der Waals surface area contributed by atoms with Gasteiger partial charge in [0.15, 0.2) is 5.82 Å². The molecule has 0 saturated heterocycles. The van der Waals surface area contributed by atoms with Gasteiger partial charge in [0, 0.05) is 0 Å². The number of hydrogen-bond donors (Lipinski definition) is 1. The van der Waals surface area contributed by atoms with E-state index in [-0.39, 0.29) is 12.4 Å². The first-order valence-corrected chi connectivity index (χ1v) is 4.04. The molecule has 2 N–H and O–H groups in total. The summed E-state index contributed by atoms with van der Waals surface area (Å²) in [5, 5.41) is 11.4. The van der Waals surface area contributed by atoms with E-state index in [2.05, 4.69) is 15.4 Å². The summed E-state index contributed by atoms with van der Waals surface area (Å²) in [5.41, 5.74) is 5.98. The molecule has 72 valence electrons. The van der Waals surface area contributed by atoms with Gasteiger partial charge < -0.3 is 5.73 Å². The van der Waals surface area contributed by atoms with Crippen molar-refractivity contribution in [1.82, 2.24) is 20.2 Å². The molecule has 5 nitrogen and oxygen atoms in total. The lowest BCUT2D eigenvalue weighted by molar-refractivity contribution is 0.625. The minimum atomic E-state index is -0.298. The number of rotatable bonds is 2. The normalized spacial score (nSPS) is 10.4. The number of nitrogens with two attached hydrogens (primary N) is 1. The van der Waals surface area contributed by atoms with Crippen LogP contribution in [-0.2, 0) is 6.54 Å². The Hall–Kier alpha value is -1.82. The Morgan fingerprint density at radius 1 is 1.29 bits per heavy atom. The third kappa shape index (κ3) is 1.60. The summed E-state index contributed by atoms with van der Waals surface area (Å²) in [6.07, 6.45) is 0. The van der Waals surface area contributed by atoms with E-state index in [0.29, 0.717) is 11.5 Å². The van der Waals surface area contributed by atoms with Crippen LogP contribution >= 0.6 is 0 Å². The molecule has 1 aromatic carbocycles. The second kappa shape index (κ2) is 3.51. The van der Waals surface area contributed by atoms with Crippen molar-refractivity contribution in [2.75, 3.05) is 0 Å². The molecule has 14 heavy (non-hydrogen) atoms. The number of aromatic nitrogens is 4. The van der Waals surface area contributed by atoms with Crippen molar-refractivity contribution in [3.63, 3.8) is 0 Å². The van der Waals surface area contributed by atoms with Crippen LogP contribution in [0, 0.1) is 5.82 Å². The highest BCUT2D eigenvalue weighted by Crippen LogP contribution is 2.05. The quantitative estimate of drug-likeness (QED) is 0.742. The van der Waals surface area contributed by atoms with Crippen molar-refractivity contribution >= 4 is 0 Å². The lowest BCUT2D eigenvalue weighted by Gasteiger charge is -1.96. The van der Waals surface area contributed by atoms with E-state index in [1.807, 2.05) is 0 Å². The SMILES string of the molecule is NCc1nnn(-c2ccc(F)cc2)n1. The maximum atomic E-state index is 12.6. The molecule has 1 heterocycles. The second-order valence-electron chi connectivity index (χ2n) is 2.68. The topological polar surface area (TPSA) is 69.6 Å². The number of tetrazole rings is 1. The Kier molecular flexibility index (Phi) is 2.19. The van der Waals surface area contributed by atoms with Crippen LogP contribution in [0.1, 0.15) is 5.82 Å². The van der Waals surface area contributed by atoms with Gasteiger partial charge in [-0.2, -0.15) is 0 Å². The van der Waals surface area contributed by atoms with Crippen molar-refractivity contribution in [2.24, 2.45) is 5.73 Å². The van der Waals surface area contributed by atoms with E-state index in [9.17, 15) is 4.39 Å². The second-order valence-corrected chi connectivity index (χ2v) is 2.68. The van der Waals surface area contributed by atoms with Crippen LogP contribution in [0.25, 0.3) is 5.69 Å². The van der Waals surface area contributed by atoms with Crippen LogP contribution in [0.15, 0.2) is 24.3 Å². The van der Waals surface area contributed by atoms with Gasteiger partial charge in [-0.3, -0.25) is 0 Å². The third-order valence-corrected chi connectivity index (χ3v) is 1.70. The van der Waals surface area contributed by atoms with Crippen molar-refractivity contribution in [3.8, 4) is 5.69 Å². The minimum Gasteiger partial charge on any atom is -0.324 e. The fraction of sp³-hybridized carbons (Fsp3) is 0.125. The van der Waals surface area contributed by atoms with Gasteiger partial charge in [0.05, 0.1) is 12.2 Å². The monoisotopic (exact) mass is 193 g/mol. The fourth-order valence-corrected chi connectivity index (χ4v) is 1.01. The summed E-state index contributed by atoms with van der Waals surface area (Å²) < 4.78 is 12.6. The molecule has 0 bridgehead atoms. The van der Waals surface area contributed by atoms with Gasteiger partial charge >= 0.3 is 0 Å². The zero-order chi connectivity index (χ0) is 9.97. The average molecular weight is 193 g/mol. The molecule has 0 aliphatic carbocycles. The zero-order valence-corrected chi connectivity index (χ0v) is 7.26. The molecule has 0 fully saturated rings. The Balaban J connectivity index is 2.34. The highest BCUT2D eigenvalue weighted by atomic mass is 19.1. The van der Waals surface area contributed by atoms with Crippen LogP contribution in [-0.4, -0.2) is 20.2 Å². The summed E-state index contributed by atoms with van der Waals surface area (Å²) in [5.74, 6) is 0.155. The van der Waals surface area contributed by atoms with Crippen LogP contribution in [0.3, 0.4) is 0 Å². The Bertz CT molecular complexity index is 422. The standard InChI is InChI=1S/C8H8FN5/c9-6-1-3-7(4-2-6)14-12-8(5-10)11-13-14/h1-4H,5,10H2. The summed E-state index contributed by atoms with van der Waals surface area (Å²) in [6.45, 7) is 0.237. The summed E-state index contributed by atoms with van der Waals surface area (Å²) in [7, 11) is 0. The predicted octanol–water partition coefficient (Wildman–Crippen LogP) is 0.260. The molecule has 0 atom stereocenters. The van der Waals surface area contributed by atoms with E-state index < -0.39 is 0 Å². The number of benzene rings is 1. The lowest BCUT2D eigenvalue weighted by atomic mass is 10.3. The Morgan fingerprint density at radius 2 is 2.00 bits per heavy atom. The van der Waals surface area contributed by atoms with Crippen LogP contribution in [0.4, 0.5) is 4.39 Å². The van der Waals surface area contributed by atoms with Gasteiger partial charge in [-0.25, -0.2) is 4.39 Å². The van der Waals surface area contributed by atoms with E-state index in [4.69, 9.17) is 5.73 Å². The number of halogens is 1. The van der Waals surface area contributed by atoms with Crippen LogP contribution < -0.4 is 5.73 Å². The van der Waals surface area contributed by atoms with E-state index in [0.717, 1.165) is 0 Å². The molecule has 0 amide bonds. The molecule has 0 saturated carbocycles. The van der Waals surface area contributed by atoms with Crippen molar-refractivity contribution in [3.05, 3.63) is 35.9 Å². The van der Waals surface area contributed by atoms with Gasteiger partial charge in [0.1, 0.15) is 5.82 Å². The highest BCUT2D eigenvalue weighted by molar-refractivity contribution is 5.28. The molecule has 0 radical (unpaired) electrons.